The summed E-state index contributed by atoms with van der Waals surface area (Å²) in [5, 5.41) is 12.5. The van der Waals surface area contributed by atoms with Crippen LogP contribution in [0.15, 0.2) is 22.9 Å². The molecule has 0 aliphatic carbocycles. The Morgan fingerprint density at radius 3 is 3.05 bits per heavy atom. The van der Waals surface area contributed by atoms with Gasteiger partial charge < -0.3 is 14.8 Å². The van der Waals surface area contributed by atoms with Crippen molar-refractivity contribution in [3.05, 3.63) is 34.3 Å². The Bertz CT molecular complexity index is 632. The summed E-state index contributed by atoms with van der Waals surface area (Å²) in [6, 6.07) is 3.40. The highest BCUT2D eigenvalue weighted by Gasteiger charge is 2.22. The molecule has 0 aromatic carbocycles. The minimum atomic E-state index is -0.917. The van der Waals surface area contributed by atoms with Crippen molar-refractivity contribution < 1.29 is 9.90 Å². The molecule has 5 nitrogen and oxygen atoms in total. The van der Waals surface area contributed by atoms with Crippen molar-refractivity contribution in [3.8, 4) is 0 Å². The minimum absolute atomic E-state index is 0.280. The topological polar surface area (TPSA) is 66.6 Å². The van der Waals surface area contributed by atoms with Crippen LogP contribution in [0, 0.1) is 0 Å². The molecule has 1 unspecified atom stereocenters. The number of imidazole rings is 1. The number of piperidine rings is 1. The van der Waals surface area contributed by atoms with Gasteiger partial charge in [0.15, 0.2) is 0 Å². The summed E-state index contributed by atoms with van der Waals surface area (Å²) in [6.45, 7) is 1.93. The van der Waals surface area contributed by atoms with Crippen LogP contribution in [-0.2, 0) is 0 Å². The number of nitrogens with one attached hydrogen (secondary N) is 1. The normalized spacial score (nSPS) is 19.7. The van der Waals surface area contributed by atoms with Crippen LogP contribution in [0.4, 0.5) is 0 Å². The second-order valence-electron chi connectivity index (χ2n) is 4.78. The molecule has 3 rings (SSSR count). The fourth-order valence-corrected chi connectivity index (χ4v) is 3.06. The first-order valence-corrected chi connectivity index (χ1v) is 7.07. The summed E-state index contributed by atoms with van der Waals surface area (Å²) in [7, 11) is 0. The van der Waals surface area contributed by atoms with Gasteiger partial charge in [0.25, 0.3) is 0 Å². The average Bonchev–Trinajstić information content (AvgIpc) is 2.77. The molecule has 6 heteroatoms. The lowest BCUT2D eigenvalue weighted by Crippen LogP contribution is -2.29. The van der Waals surface area contributed by atoms with Gasteiger partial charge >= 0.3 is 5.97 Å². The predicted octanol–water partition coefficient (Wildman–Crippen LogP) is 2.26. The molecule has 0 radical (unpaired) electrons. The van der Waals surface area contributed by atoms with Crippen molar-refractivity contribution in [1.82, 2.24) is 14.7 Å². The summed E-state index contributed by atoms with van der Waals surface area (Å²) in [6.07, 6.45) is 3.85. The third kappa shape index (κ3) is 2.26. The zero-order valence-corrected chi connectivity index (χ0v) is 11.9. The second kappa shape index (κ2) is 4.94. The highest BCUT2D eigenvalue weighted by Crippen LogP contribution is 2.28. The molecule has 1 atom stereocenters. The van der Waals surface area contributed by atoms with Crippen LogP contribution in [0.3, 0.4) is 0 Å². The molecule has 100 valence electrons. The molecule has 19 heavy (non-hydrogen) atoms. The Labute approximate surface area is 118 Å². The summed E-state index contributed by atoms with van der Waals surface area (Å²) in [5.41, 5.74) is 1.19. The number of rotatable bonds is 2. The van der Waals surface area contributed by atoms with E-state index >= 15 is 0 Å². The quantitative estimate of drug-likeness (QED) is 0.889. The van der Waals surface area contributed by atoms with E-state index in [1.807, 2.05) is 4.40 Å². The van der Waals surface area contributed by atoms with Crippen molar-refractivity contribution in [2.75, 3.05) is 13.1 Å². The number of carbonyl (C=O) groups is 1. The van der Waals surface area contributed by atoms with Crippen LogP contribution < -0.4 is 5.32 Å². The first-order chi connectivity index (χ1) is 9.16. The highest BCUT2D eigenvalue weighted by molar-refractivity contribution is 9.10. The number of carboxylic acid groups (broad SMARTS) is 1. The molecule has 2 N–H and O–H groups in total. The number of fused-ring (bicyclic) bond motifs is 1. The van der Waals surface area contributed by atoms with Crippen LogP contribution in [0.5, 0.6) is 0 Å². The summed E-state index contributed by atoms with van der Waals surface area (Å²) < 4.78 is 2.66. The molecule has 1 fully saturated rings. The van der Waals surface area contributed by atoms with E-state index in [-0.39, 0.29) is 5.56 Å². The number of hydrogen-bond donors (Lipinski definition) is 2. The summed E-state index contributed by atoms with van der Waals surface area (Å²) in [5.74, 6) is 0.341. The number of aromatic carboxylic acids is 1. The molecule has 1 aliphatic rings. The highest BCUT2D eigenvalue weighted by atomic mass is 79.9. The van der Waals surface area contributed by atoms with Crippen LogP contribution in [-0.4, -0.2) is 33.6 Å². The number of halogens is 1. The van der Waals surface area contributed by atoms with E-state index in [0.29, 0.717) is 5.92 Å². The molecule has 1 aliphatic heterocycles. The van der Waals surface area contributed by atoms with Crippen molar-refractivity contribution in [3.63, 3.8) is 0 Å². The Morgan fingerprint density at radius 1 is 1.53 bits per heavy atom. The van der Waals surface area contributed by atoms with Gasteiger partial charge in [0.05, 0.1) is 11.1 Å². The van der Waals surface area contributed by atoms with Gasteiger partial charge in [-0.2, -0.15) is 0 Å². The maximum Gasteiger partial charge on any atom is 0.337 e. The Balaban J connectivity index is 2.12. The molecular formula is C13H14BrN3O2. The lowest BCUT2D eigenvalue weighted by Gasteiger charge is -2.21. The lowest BCUT2D eigenvalue weighted by molar-refractivity contribution is 0.0696. The fraction of sp³-hybridized carbons (Fsp3) is 0.385. The first kappa shape index (κ1) is 12.6. The van der Waals surface area contributed by atoms with Crippen molar-refractivity contribution in [1.29, 1.82) is 0 Å². The van der Waals surface area contributed by atoms with E-state index < -0.39 is 5.97 Å². The number of pyridine rings is 1. The van der Waals surface area contributed by atoms with Crippen LogP contribution in [0.2, 0.25) is 0 Å². The number of nitrogens with zero attached hydrogens (tertiary/aromatic N) is 2. The smallest absolute Gasteiger partial charge is 0.337 e. The molecule has 0 saturated carbocycles. The van der Waals surface area contributed by atoms with Gasteiger partial charge in [-0.3, -0.25) is 0 Å². The van der Waals surface area contributed by atoms with E-state index in [1.54, 1.807) is 18.3 Å². The van der Waals surface area contributed by atoms with Gasteiger partial charge in [-0.05, 0) is 47.4 Å². The molecule has 3 heterocycles. The molecule has 2 aromatic heterocycles. The maximum absolute atomic E-state index is 11.1. The summed E-state index contributed by atoms with van der Waals surface area (Å²) in [4.78, 5) is 15.6. The van der Waals surface area contributed by atoms with Gasteiger partial charge in [-0.1, -0.05) is 0 Å². The number of hydrogen-bond acceptors (Lipinski definition) is 3. The Hall–Kier alpha value is -1.40. The molecule has 0 bridgehead atoms. The molecular weight excluding hydrogens is 310 g/mol. The number of carboxylic acids is 1. The molecule has 0 spiro atoms. The van der Waals surface area contributed by atoms with Crippen LogP contribution >= 0.6 is 15.9 Å². The van der Waals surface area contributed by atoms with Gasteiger partial charge in [0.2, 0.25) is 0 Å². The monoisotopic (exact) mass is 323 g/mol. The van der Waals surface area contributed by atoms with E-state index in [0.717, 1.165) is 41.9 Å². The van der Waals surface area contributed by atoms with E-state index in [9.17, 15) is 4.79 Å². The lowest BCUT2D eigenvalue weighted by atomic mass is 9.99. The summed E-state index contributed by atoms with van der Waals surface area (Å²) >= 11 is 3.45. The van der Waals surface area contributed by atoms with Crippen molar-refractivity contribution in [2.24, 2.45) is 0 Å². The largest absolute Gasteiger partial charge is 0.478 e. The molecule has 0 amide bonds. The maximum atomic E-state index is 11.1. The van der Waals surface area contributed by atoms with Crippen molar-refractivity contribution in [2.45, 2.75) is 18.8 Å². The fourth-order valence-electron chi connectivity index (χ4n) is 2.56. The average molecular weight is 324 g/mol. The van der Waals surface area contributed by atoms with E-state index in [4.69, 9.17) is 5.11 Å². The van der Waals surface area contributed by atoms with E-state index in [1.165, 1.54) is 0 Å². The Kier molecular flexibility index (Phi) is 3.28. The standard InChI is InChI=1S/C13H14BrN3O2/c14-11-10-4-3-9(13(18)19)7-17(10)12(16-11)8-2-1-5-15-6-8/h3-4,7-8,15H,1-2,5-6H2,(H,18,19). The van der Waals surface area contributed by atoms with Crippen LogP contribution in [0.25, 0.3) is 5.52 Å². The van der Waals surface area contributed by atoms with Gasteiger partial charge in [0, 0.05) is 18.7 Å². The van der Waals surface area contributed by atoms with Gasteiger partial charge in [-0.25, -0.2) is 9.78 Å². The van der Waals surface area contributed by atoms with Crippen LogP contribution in [0.1, 0.15) is 34.9 Å². The SMILES string of the molecule is O=C(O)c1ccc2c(Br)nc(C3CCCNC3)n2c1. The zero-order chi connectivity index (χ0) is 13.4. The minimum Gasteiger partial charge on any atom is -0.478 e. The second-order valence-corrected chi connectivity index (χ2v) is 5.53. The van der Waals surface area contributed by atoms with Crippen molar-refractivity contribution >= 4 is 27.4 Å². The third-order valence-electron chi connectivity index (χ3n) is 3.53. The predicted molar refractivity (Wildman–Crippen MR) is 74.7 cm³/mol. The zero-order valence-electron chi connectivity index (χ0n) is 10.3. The first-order valence-electron chi connectivity index (χ1n) is 6.28. The third-order valence-corrected chi connectivity index (χ3v) is 4.11. The van der Waals surface area contributed by atoms with Gasteiger partial charge in [0.1, 0.15) is 10.4 Å². The number of aromatic nitrogens is 2. The molecule has 2 aromatic rings. The van der Waals surface area contributed by atoms with E-state index in [2.05, 4.69) is 26.2 Å². The van der Waals surface area contributed by atoms with Gasteiger partial charge in [-0.15, -0.1) is 0 Å². The molecule has 1 saturated heterocycles. The Morgan fingerprint density at radius 2 is 2.37 bits per heavy atom.